The van der Waals surface area contributed by atoms with Crippen LogP contribution < -0.4 is 10.5 Å². The maximum atomic E-state index is 10.6. The molecule has 0 spiro atoms. The number of anilines is 1. The normalized spacial score (nSPS) is 12.5. The number of aliphatic hydroxyl groups is 1. The predicted octanol–water partition coefficient (Wildman–Crippen LogP) is -0.227. The van der Waals surface area contributed by atoms with Crippen LogP contribution in [0.15, 0.2) is 18.3 Å². The Bertz CT molecular complexity index is 725. The van der Waals surface area contributed by atoms with Crippen molar-refractivity contribution in [3.05, 3.63) is 24.0 Å². The SMILES string of the molecule is CC.[B]C([B])([B])C(O)(CCc1cc2cc(N)c(OC)cn2n1)C([B])([B])[B]. The number of fused-ring (bicyclic) bond motifs is 1. The molecule has 2 heterocycles. The van der Waals surface area contributed by atoms with Gasteiger partial charge in [-0.1, -0.05) is 13.8 Å². The largest absolute Gasteiger partial charge is 0.493 e. The van der Waals surface area contributed by atoms with Gasteiger partial charge in [-0.25, -0.2) is 4.52 Å². The third kappa shape index (κ3) is 4.48. The molecule has 11 heteroatoms. The van der Waals surface area contributed by atoms with Gasteiger partial charge in [0, 0.05) is 5.60 Å². The fourth-order valence-corrected chi connectivity index (χ4v) is 2.50. The summed E-state index contributed by atoms with van der Waals surface area (Å²) in [4.78, 5) is 0. The van der Waals surface area contributed by atoms with Crippen molar-refractivity contribution in [3.63, 3.8) is 0 Å². The van der Waals surface area contributed by atoms with Crippen molar-refractivity contribution < 1.29 is 9.84 Å². The van der Waals surface area contributed by atoms with E-state index in [1.54, 1.807) is 22.8 Å². The Morgan fingerprint density at radius 1 is 1.12 bits per heavy atom. The number of rotatable bonds is 6. The summed E-state index contributed by atoms with van der Waals surface area (Å²) in [5.41, 5.74) is 5.55. The number of nitrogen functional groups attached to an aromatic ring is 1. The van der Waals surface area contributed by atoms with Crippen molar-refractivity contribution in [3.8, 4) is 5.75 Å². The first-order valence-corrected chi connectivity index (χ1v) is 8.16. The van der Waals surface area contributed by atoms with Crippen LogP contribution in [-0.4, -0.2) is 74.5 Å². The van der Waals surface area contributed by atoms with E-state index in [2.05, 4.69) is 5.10 Å². The Labute approximate surface area is 163 Å². The van der Waals surface area contributed by atoms with Crippen LogP contribution in [0.25, 0.3) is 5.52 Å². The lowest BCUT2D eigenvalue weighted by Crippen LogP contribution is -2.55. The second kappa shape index (κ2) is 8.12. The predicted molar refractivity (Wildman–Crippen MR) is 111 cm³/mol. The zero-order valence-electron chi connectivity index (χ0n) is 15.4. The fourth-order valence-electron chi connectivity index (χ4n) is 2.50. The van der Waals surface area contributed by atoms with Crippen LogP contribution in [0.5, 0.6) is 5.75 Å². The van der Waals surface area contributed by atoms with E-state index >= 15 is 0 Å². The number of nitrogens with two attached hydrogens (primary N) is 1. The zero-order chi connectivity index (χ0) is 20.3. The minimum atomic E-state index is -2.13. The number of ether oxygens (including phenoxy) is 1. The molecule has 0 saturated heterocycles. The first-order chi connectivity index (χ1) is 11.9. The molecule has 0 aromatic carbocycles. The molecule has 0 fully saturated rings. The Balaban J connectivity index is 0.00000163. The van der Waals surface area contributed by atoms with Crippen molar-refractivity contribution in [1.29, 1.82) is 0 Å². The van der Waals surface area contributed by atoms with Crippen molar-refractivity contribution in [2.24, 2.45) is 0 Å². The van der Waals surface area contributed by atoms with Gasteiger partial charge in [-0.2, -0.15) is 5.10 Å². The van der Waals surface area contributed by atoms with Gasteiger partial charge >= 0.3 is 0 Å². The summed E-state index contributed by atoms with van der Waals surface area (Å²) in [6, 6.07) is 3.48. The molecule has 5 nitrogen and oxygen atoms in total. The highest BCUT2D eigenvalue weighted by atomic mass is 16.5. The fraction of sp³-hybridized carbons (Fsp3) is 0.533. The van der Waals surface area contributed by atoms with Crippen LogP contribution in [0, 0.1) is 0 Å². The Morgan fingerprint density at radius 3 is 2.12 bits per heavy atom. The number of nitrogens with zero attached hydrogens (tertiary/aromatic N) is 2. The Kier molecular flexibility index (Phi) is 7.08. The van der Waals surface area contributed by atoms with Crippen molar-refractivity contribution in [2.45, 2.75) is 42.5 Å². The van der Waals surface area contributed by atoms with Gasteiger partial charge in [0.2, 0.25) is 0 Å². The van der Waals surface area contributed by atoms with E-state index in [9.17, 15) is 5.11 Å². The second-order valence-corrected chi connectivity index (χ2v) is 6.03. The van der Waals surface area contributed by atoms with Crippen LogP contribution in [0.2, 0.25) is 10.2 Å². The molecule has 124 valence electrons. The summed E-state index contributed by atoms with van der Waals surface area (Å²) in [5.74, 6) is 0.489. The molecule has 0 bridgehead atoms. The molecule has 0 aliphatic heterocycles. The van der Waals surface area contributed by atoms with Gasteiger partial charge in [-0.15, -0.1) is 10.2 Å². The molecule has 0 amide bonds. The number of aryl methyl sites for hydroxylation is 1. The summed E-state index contributed by atoms with van der Waals surface area (Å²) in [6.07, 6.45) is 1.76. The minimum absolute atomic E-state index is 0.101. The third-order valence-electron chi connectivity index (χ3n) is 4.04. The van der Waals surface area contributed by atoms with Crippen molar-refractivity contribution in [1.82, 2.24) is 9.61 Å². The minimum Gasteiger partial charge on any atom is -0.493 e. The monoisotopic (exact) mass is 339 g/mol. The molecule has 12 radical (unpaired) electrons. The molecule has 0 atom stereocenters. The molecule has 0 aliphatic rings. The lowest BCUT2D eigenvalue weighted by molar-refractivity contribution is 0.0329. The maximum Gasteiger partial charge on any atom is 0.160 e. The standard InChI is InChI=1S/C13H13B6N3O2.C2H6/c1-24-10-6-22-8(5-9(10)20)4-7(21-22)2-3-11(23,12(14,15)16)13(17,18)19;1-2/h4-6,23H,2-3,20H2,1H3;1-2H3. The summed E-state index contributed by atoms with van der Waals surface area (Å²) < 4.78 is 6.73. The second-order valence-electron chi connectivity index (χ2n) is 6.03. The highest BCUT2D eigenvalue weighted by molar-refractivity contribution is 6.65. The summed E-state index contributed by atoms with van der Waals surface area (Å²) in [5, 5.41) is 10.8. The molecule has 2 aromatic rings. The van der Waals surface area contributed by atoms with E-state index in [4.69, 9.17) is 57.5 Å². The number of methoxy groups -OCH3 is 1. The molecule has 0 saturated carbocycles. The number of pyridine rings is 1. The molecule has 0 unspecified atom stereocenters. The zero-order valence-corrected chi connectivity index (χ0v) is 15.4. The number of aromatic nitrogens is 2. The Morgan fingerprint density at radius 2 is 1.65 bits per heavy atom. The van der Waals surface area contributed by atoms with E-state index in [1.165, 1.54) is 7.11 Å². The summed E-state index contributed by atoms with van der Waals surface area (Å²) >= 11 is 0. The molecular formula is C15H19B6N3O2. The van der Waals surface area contributed by atoms with Gasteiger partial charge in [0.1, 0.15) is 0 Å². The van der Waals surface area contributed by atoms with Crippen LogP contribution in [0.3, 0.4) is 0 Å². The highest BCUT2D eigenvalue weighted by Crippen LogP contribution is 2.45. The third-order valence-corrected chi connectivity index (χ3v) is 4.04. The van der Waals surface area contributed by atoms with Crippen molar-refractivity contribution in [2.75, 3.05) is 12.8 Å². The van der Waals surface area contributed by atoms with Gasteiger partial charge in [-0.3, -0.25) is 0 Å². The first kappa shape index (κ1) is 22.7. The topological polar surface area (TPSA) is 72.8 Å². The molecular weight excluding hydrogens is 319 g/mol. The van der Waals surface area contributed by atoms with E-state index in [-0.39, 0.29) is 12.8 Å². The smallest absolute Gasteiger partial charge is 0.160 e. The van der Waals surface area contributed by atoms with Crippen LogP contribution >= 0.6 is 0 Å². The van der Waals surface area contributed by atoms with Gasteiger partial charge in [0.25, 0.3) is 0 Å². The highest BCUT2D eigenvalue weighted by Gasteiger charge is 2.45. The van der Waals surface area contributed by atoms with Gasteiger partial charge < -0.3 is 15.6 Å². The summed E-state index contributed by atoms with van der Waals surface area (Å²) in [7, 11) is 35.1. The van der Waals surface area contributed by atoms with Crippen LogP contribution in [-0.2, 0) is 6.42 Å². The molecule has 0 aliphatic carbocycles. The lowest BCUT2D eigenvalue weighted by atomic mass is 9.22. The Hall–Kier alpha value is -1.36. The summed E-state index contributed by atoms with van der Waals surface area (Å²) in [6.45, 7) is 4.00. The number of hydrogen-bond acceptors (Lipinski definition) is 4. The maximum absolute atomic E-state index is 10.6. The van der Waals surface area contributed by atoms with E-state index < -0.39 is 15.8 Å². The van der Waals surface area contributed by atoms with E-state index in [1.807, 2.05) is 13.8 Å². The average Bonchev–Trinajstić information content (AvgIpc) is 2.93. The quantitative estimate of drug-likeness (QED) is 0.714. The number of hydrogen-bond donors (Lipinski definition) is 2. The van der Waals surface area contributed by atoms with Crippen molar-refractivity contribution >= 4 is 58.3 Å². The van der Waals surface area contributed by atoms with Gasteiger partial charge in [0.15, 0.2) is 5.75 Å². The van der Waals surface area contributed by atoms with E-state index in [0.29, 0.717) is 17.1 Å². The molecule has 2 aromatic heterocycles. The van der Waals surface area contributed by atoms with Gasteiger partial charge in [-0.05, 0) is 25.0 Å². The average molecular weight is 338 g/mol. The lowest BCUT2D eigenvalue weighted by Gasteiger charge is -2.52. The van der Waals surface area contributed by atoms with Gasteiger partial charge in [0.05, 0.1) is 77.3 Å². The van der Waals surface area contributed by atoms with Crippen LogP contribution in [0.4, 0.5) is 5.69 Å². The van der Waals surface area contributed by atoms with Crippen LogP contribution in [0.1, 0.15) is 26.0 Å². The first-order valence-electron chi connectivity index (χ1n) is 8.16. The molecule has 26 heavy (non-hydrogen) atoms. The molecule has 3 N–H and O–H groups in total. The molecule has 2 rings (SSSR count). The van der Waals surface area contributed by atoms with E-state index in [0.717, 1.165) is 5.52 Å².